The summed E-state index contributed by atoms with van der Waals surface area (Å²) in [6, 6.07) is 19.6. The molecular formula is C32H31N3O5S. The molecular weight excluding hydrogens is 538 g/mol. The molecule has 0 spiro atoms. The van der Waals surface area contributed by atoms with E-state index in [1.54, 1.807) is 17.4 Å². The number of benzene rings is 3. The topological polar surface area (TPSA) is 84.2 Å². The molecule has 7 rings (SSSR count). The summed E-state index contributed by atoms with van der Waals surface area (Å²) in [6.45, 7) is 6.41. The van der Waals surface area contributed by atoms with Gasteiger partial charge in [0.15, 0.2) is 11.3 Å². The average Bonchev–Trinajstić information content (AvgIpc) is 3.41. The van der Waals surface area contributed by atoms with E-state index < -0.39 is 0 Å². The summed E-state index contributed by atoms with van der Waals surface area (Å²) in [5.41, 5.74) is 3.13. The van der Waals surface area contributed by atoms with E-state index in [0.717, 1.165) is 50.1 Å². The molecule has 0 radical (unpaired) electrons. The minimum absolute atomic E-state index is 0.00728. The van der Waals surface area contributed by atoms with Crippen LogP contribution in [0.4, 0.5) is 11.6 Å². The number of anilines is 2. The van der Waals surface area contributed by atoms with Crippen molar-refractivity contribution in [2.75, 3.05) is 69.4 Å². The van der Waals surface area contributed by atoms with Crippen LogP contribution in [0.2, 0.25) is 0 Å². The molecule has 2 aromatic heterocycles. The van der Waals surface area contributed by atoms with Gasteiger partial charge in [-0.15, -0.1) is 11.3 Å². The zero-order valence-corrected chi connectivity index (χ0v) is 23.5. The molecule has 4 heterocycles. The first-order valence-electron chi connectivity index (χ1n) is 14.1. The number of para-hydroxylation sites is 1. The van der Waals surface area contributed by atoms with Crippen LogP contribution in [0.3, 0.4) is 0 Å². The molecule has 210 valence electrons. The Bertz CT molecular complexity index is 1800. The second-order valence-corrected chi connectivity index (χ2v) is 11.5. The fourth-order valence-electron chi connectivity index (χ4n) is 5.76. The lowest BCUT2D eigenvalue weighted by Gasteiger charge is -2.27. The van der Waals surface area contributed by atoms with E-state index in [-0.39, 0.29) is 11.3 Å². The van der Waals surface area contributed by atoms with Crippen molar-refractivity contribution in [2.24, 2.45) is 0 Å². The molecule has 2 saturated heterocycles. The van der Waals surface area contributed by atoms with E-state index >= 15 is 0 Å². The Kier molecular flexibility index (Phi) is 7.18. The molecule has 0 atom stereocenters. The van der Waals surface area contributed by atoms with Gasteiger partial charge in [-0.3, -0.25) is 14.5 Å². The van der Waals surface area contributed by atoms with E-state index in [0.29, 0.717) is 69.3 Å². The number of carbonyl (C=O) groups excluding carboxylic acids is 1. The molecule has 0 saturated carbocycles. The summed E-state index contributed by atoms with van der Waals surface area (Å²) in [4.78, 5) is 30.6. The van der Waals surface area contributed by atoms with E-state index in [1.165, 1.54) is 0 Å². The Morgan fingerprint density at radius 1 is 0.854 bits per heavy atom. The van der Waals surface area contributed by atoms with Crippen LogP contribution in [-0.2, 0) is 14.3 Å². The van der Waals surface area contributed by atoms with E-state index in [4.69, 9.17) is 13.9 Å². The minimum Gasteiger partial charge on any atom is -0.440 e. The Morgan fingerprint density at radius 3 is 2.44 bits per heavy atom. The highest BCUT2D eigenvalue weighted by molar-refractivity contribution is 7.26. The quantitative estimate of drug-likeness (QED) is 0.296. The van der Waals surface area contributed by atoms with Crippen LogP contribution >= 0.6 is 11.3 Å². The third-order valence-electron chi connectivity index (χ3n) is 7.91. The number of rotatable bonds is 6. The summed E-state index contributed by atoms with van der Waals surface area (Å²) in [5.74, 6) is 0.558. The molecule has 1 N–H and O–H groups in total. The number of thiophene rings is 1. The van der Waals surface area contributed by atoms with Crippen molar-refractivity contribution in [3.63, 3.8) is 0 Å². The molecule has 3 aromatic carbocycles. The maximum absolute atomic E-state index is 13.2. The first-order chi connectivity index (χ1) is 20.2. The number of ether oxygens (including phenoxy) is 2. The van der Waals surface area contributed by atoms with E-state index in [2.05, 4.69) is 27.2 Å². The number of amides is 1. The molecule has 0 aliphatic carbocycles. The van der Waals surface area contributed by atoms with Gasteiger partial charge in [0.05, 0.1) is 37.5 Å². The zero-order chi connectivity index (χ0) is 27.8. The van der Waals surface area contributed by atoms with Crippen molar-refractivity contribution in [1.82, 2.24) is 4.90 Å². The molecule has 0 unspecified atom stereocenters. The van der Waals surface area contributed by atoms with Crippen molar-refractivity contribution >= 4 is 60.0 Å². The fraction of sp³-hybridized carbons (Fsp3) is 0.312. The van der Waals surface area contributed by atoms with Gasteiger partial charge in [-0.2, -0.15) is 0 Å². The third kappa shape index (κ3) is 5.10. The van der Waals surface area contributed by atoms with E-state index in [9.17, 15) is 9.59 Å². The van der Waals surface area contributed by atoms with Gasteiger partial charge < -0.3 is 24.1 Å². The van der Waals surface area contributed by atoms with Gasteiger partial charge in [-0.25, -0.2) is 0 Å². The number of fused-ring (bicyclic) bond motifs is 4. The van der Waals surface area contributed by atoms with Crippen LogP contribution in [0.25, 0.3) is 42.3 Å². The molecule has 2 aliphatic heterocycles. The average molecular weight is 570 g/mol. The van der Waals surface area contributed by atoms with Gasteiger partial charge in [0.25, 0.3) is 0 Å². The van der Waals surface area contributed by atoms with Crippen molar-refractivity contribution in [1.29, 1.82) is 0 Å². The Hall–Kier alpha value is -3.76. The predicted molar refractivity (Wildman–Crippen MR) is 164 cm³/mol. The number of morpholine rings is 2. The molecule has 9 heteroatoms. The number of hydrogen-bond acceptors (Lipinski definition) is 8. The second-order valence-electron chi connectivity index (χ2n) is 10.4. The Morgan fingerprint density at radius 2 is 1.61 bits per heavy atom. The molecule has 2 aliphatic rings. The van der Waals surface area contributed by atoms with Crippen LogP contribution in [0.5, 0.6) is 0 Å². The van der Waals surface area contributed by atoms with Gasteiger partial charge in [0, 0.05) is 76.5 Å². The molecule has 5 aromatic rings. The fourth-order valence-corrected chi connectivity index (χ4v) is 7.01. The van der Waals surface area contributed by atoms with Crippen molar-refractivity contribution < 1.29 is 18.7 Å². The van der Waals surface area contributed by atoms with Crippen molar-refractivity contribution in [2.45, 2.75) is 6.42 Å². The highest BCUT2D eigenvalue weighted by Crippen LogP contribution is 2.45. The number of carbonyl (C=O) groups is 1. The molecule has 2 fully saturated rings. The summed E-state index contributed by atoms with van der Waals surface area (Å²) in [5, 5.41) is 5.85. The van der Waals surface area contributed by atoms with Gasteiger partial charge in [-0.1, -0.05) is 36.4 Å². The first kappa shape index (κ1) is 26.2. The maximum atomic E-state index is 13.2. The van der Waals surface area contributed by atoms with Crippen LogP contribution < -0.4 is 15.6 Å². The molecule has 1 amide bonds. The highest BCUT2D eigenvalue weighted by Gasteiger charge is 2.21. The summed E-state index contributed by atoms with van der Waals surface area (Å²) < 4.78 is 19.6. The van der Waals surface area contributed by atoms with Crippen LogP contribution in [-0.4, -0.2) is 70.0 Å². The largest absolute Gasteiger partial charge is 0.440 e. The lowest BCUT2D eigenvalue weighted by molar-refractivity contribution is -0.116. The molecule has 8 nitrogen and oxygen atoms in total. The monoisotopic (exact) mass is 569 g/mol. The molecule has 0 bridgehead atoms. The smallest absolute Gasteiger partial charge is 0.225 e. The number of nitrogens with one attached hydrogen (secondary N) is 1. The lowest BCUT2D eigenvalue weighted by atomic mass is 9.99. The van der Waals surface area contributed by atoms with Gasteiger partial charge >= 0.3 is 0 Å². The third-order valence-corrected chi connectivity index (χ3v) is 9.12. The van der Waals surface area contributed by atoms with Crippen LogP contribution in [0.15, 0.2) is 69.9 Å². The summed E-state index contributed by atoms with van der Waals surface area (Å²) >= 11 is 1.69. The van der Waals surface area contributed by atoms with Gasteiger partial charge in [0.2, 0.25) is 5.91 Å². The predicted octanol–water partition coefficient (Wildman–Crippen LogP) is 5.33. The Balaban J connectivity index is 1.31. The SMILES string of the molecule is O=C(CCN1CCOCC1)Nc1ccc(-c2cccc3c(=O)cc(N4CCOCC4)oc23)c2sc3ccccc3c12. The first-order valence-corrected chi connectivity index (χ1v) is 14.9. The summed E-state index contributed by atoms with van der Waals surface area (Å²) in [6.07, 6.45) is 0.421. The van der Waals surface area contributed by atoms with Crippen LogP contribution in [0, 0.1) is 0 Å². The van der Waals surface area contributed by atoms with E-state index in [1.807, 2.05) is 42.5 Å². The normalized spacial score (nSPS) is 16.5. The van der Waals surface area contributed by atoms with Gasteiger partial charge in [-0.05, 0) is 18.2 Å². The van der Waals surface area contributed by atoms with Crippen LogP contribution in [0.1, 0.15) is 6.42 Å². The number of nitrogens with zero attached hydrogens (tertiary/aromatic N) is 2. The Labute approximate surface area is 241 Å². The summed E-state index contributed by atoms with van der Waals surface area (Å²) in [7, 11) is 0. The van der Waals surface area contributed by atoms with Crippen molar-refractivity contribution in [3.8, 4) is 11.1 Å². The molecule has 41 heavy (non-hydrogen) atoms. The maximum Gasteiger partial charge on any atom is 0.225 e. The number of hydrogen-bond donors (Lipinski definition) is 1. The highest BCUT2D eigenvalue weighted by atomic mass is 32.1. The minimum atomic E-state index is -0.0636. The lowest BCUT2D eigenvalue weighted by Crippen LogP contribution is -2.38. The van der Waals surface area contributed by atoms with Gasteiger partial charge in [0.1, 0.15) is 5.58 Å². The van der Waals surface area contributed by atoms with Crippen molar-refractivity contribution in [3.05, 3.63) is 70.9 Å². The second kappa shape index (κ2) is 11.3. The standard InChI is InChI=1S/C32H31N3O5S/c36-26-20-29(35-14-18-39-19-15-35)40-31-21(5-3-6-23(26)31)22-8-9-25(30-24-4-1-2-7-27(24)41-32(22)30)33-28(37)10-11-34-12-16-38-17-13-34/h1-9,20H,10-19H2,(H,33,37). The zero-order valence-electron chi connectivity index (χ0n) is 22.7.